The number of nitrogens with zero attached hydrogens (tertiary/aromatic N) is 2. The van der Waals surface area contributed by atoms with Gasteiger partial charge in [-0.25, -0.2) is 4.98 Å². The molecule has 0 aliphatic heterocycles. The second-order valence-corrected chi connectivity index (χ2v) is 7.78. The lowest BCUT2D eigenvalue weighted by molar-refractivity contribution is -0.113. The monoisotopic (exact) mass is 405 g/mol. The van der Waals surface area contributed by atoms with E-state index in [1.165, 1.54) is 27.7 Å². The Bertz CT molecular complexity index is 1040. The van der Waals surface area contributed by atoms with Gasteiger partial charge < -0.3 is 5.32 Å². The number of amides is 1. The molecule has 2 aromatic heterocycles. The van der Waals surface area contributed by atoms with Gasteiger partial charge >= 0.3 is 0 Å². The molecule has 0 atom stereocenters. The number of fused-ring (bicyclic) bond motifs is 1. The van der Waals surface area contributed by atoms with Gasteiger partial charge in [0.2, 0.25) is 5.91 Å². The summed E-state index contributed by atoms with van der Waals surface area (Å²) in [6.07, 6.45) is 1.64. The molecule has 2 heterocycles. The fourth-order valence-corrected chi connectivity index (χ4v) is 4.12. The Morgan fingerprint density at radius 1 is 1.46 bits per heavy atom. The van der Waals surface area contributed by atoms with Gasteiger partial charge in [-0.2, -0.15) is 0 Å². The standard InChI is InChI=1S/C18H16ClN3O2S2/c1-3-7-22-17(24)13-6-8-25-16(13)21-18(22)26-10-15(23)20-12-5-4-11(2)14(19)9-12/h3-6,8-9H,1,7,10H2,2H3,(H,20,23). The molecular formula is C18H16ClN3O2S2. The zero-order valence-corrected chi connectivity index (χ0v) is 16.4. The van der Waals surface area contributed by atoms with Crippen molar-refractivity contribution in [1.82, 2.24) is 9.55 Å². The van der Waals surface area contributed by atoms with Crippen LogP contribution in [0.2, 0.25) is 5.02 Å². The lowest BCUT2D eigenvalue weighted by Gasteiger charge is -2.10. The summed E-state index contributed by atoms with van der Waals surface area (Å²) in [5.74, 6) is -0.0630. The molecule has 0 bridgehead atoms. The summed E-state index contributed by atoms with van der Waals surface area (Å²) in [4.78, 5) is 30.0. The van der Waals surface area contributed by atoms with Crippen molar-refractivity contribution in [3.63, 3.8) is 0 Å². The minimum atomic E-state index is -0.194. The molecule has 1 amide bonds. The number of hydrogen-bond donors (Lipinski definition) is 1. The minimum absolute atomic E-state index is 0.121. The van der Waals surface area contributed by atoms with E-state index in [1.807, 2.05) is 18.4 Å². The maximum Gasteiger partial charge on any atom is 0.263 e. The molecule has 0 radical (unpaired) electrons. The highest BCUT2D eigenvalue weighted by molar-refractivity contribution is 7.99. The van der Waals surface area contributed by atoms with Gasteiger partial charge in [0, 0.05) is 17.3 Å². The van der Waals surface area contributed by atoms with Crippen LogP contribution in [0.15, 0.2) is 52.3 Å². The third-order valence-corrected chi connectivity index (χ3v) is 5.84. The second-order valence-electron chi connectivity index (χ2n) is 5.54. The van der Waals surface area contributed by atoms with Crippen molar-refractivity contribution in [2.75, 3.05) is 11.1 Å². The Balaban J connectivity index is 1.77. The zero-order chi connectivity index (χ0) is 18.7. The average Bonchev–Trinajstić information content (AvgIpc) is 3.08. The number of thioether (sulfide) groups is 1. The Morgan fingerprint density at radius 3 is 3.00 bits per heavy atom. The molecule has 0 saturated heterocycles. The van der Waals surface area contributed by atoms with Crippen LogP contribution in [0.1, 0.15) is 5.56 Å². The predicted octanol–water partition coefficient (Wildman–Crippen LogP) is 4.34. The molecule has 0 aliphatic rings. The second kappa shape index (κ2) is 8.07. The number of nitrogens with one attached hydrogen (secondary N) is 1. The molecule has 8 heteroatoms. The lowest BCUT2D eigenvalue weighted by Crippen LogP contribution is -2.23. The van der Waals surface area contributed by atoms with Gasteiger partial charge in [0.15, 0.2) is 5.16 Å². The van der Waals surface area contributed by atoms with Crippen molar-refractivity contribution < 1.29 is 4.79 Å². The third kappa shape index (κ3) is 4.00. The molecule has 0 aliphatic carbocycles. The molecule has 1 aromatic carbocycles. The van der Waals surface area contributed by atoms with Crippen molar-refractivity contribution in [2.45, 2.75) is 18.6 Å². The van der Waals surface area contributed by atoms with Crippen molar-refractivity contribution in [1.29, 1.82) is 0 Å². The summed E-state index contributed by atoms with van der Waals surface area (Å²) in [6, 6.07) is 7.12. The van der Waals surface area contributed by atoms with Crippen LogP contribution in [0.5, 0.6) is 0 Å². The number of thiophene rings is 1. The van der Waals surface area contributed by atoms with Crippen molar-refractivity contribution in [2.24, 2.45) is 0 Å². The summed E-state index contributed by atoms with van der Waals surface area (Å²) in [5, 5.41) is 6.32. The number of carbonyl (C=O) groups excluding carboxylic acids is 1. The van der Waals surface area contributed by atoms with E-state index in [1.54, 1.807) is 24.3 Å². The lowest BCUT2D eigenvalue weighted by atomic mass is 10.2. The minimum Gasteiger partial charge on any atom is -0.325 e. The van der Waals surface area contributed by atoms with Crippen LogP contribution in [0, 0.1) is 6.92 Å². The quantitative estimate of drug-likeness (QED) is 0.376. The first kappa shape index (κ1) is 18.7. The summed E-state index contributed by atoms with van der Waals surface area (Å²) in [6.45, 7) is 5.93. The molecule has 5 nitrogen and oxygen atoms in total. The van der Waals surface area contributed by atoms with E-state index in [9.17, 15) is 9.59 Å². The molecule has 134 valence electrons. The maximum absolute atomic E-state index is 12.6. The third-order valence-electron chi connectivity index (χ3n) is 3.65. The molecule has 3 aromatic rings. The normalized spacial score (nSPS) is 10.8. The van der Waals surface area contributed by atoms with Crippen LogP contribution in [-0.2, 0) is 11.3 Å². The summed E-state index contributed by atoms with van der Waals surface area (Å²) < 4.78 is 1.53. The van der Waals surface area contributed by atoms with E-state index in [-0.39, 0.29) is 17.2 Å². The van der Waals surface area contributed by atoms with Crippen LogP contribution in [0.4, 0.5) is 5.69 Å². The number of allylic oxidation sites excluding steroid dienone is 1. The highest BCUT2D eigenvalue weighted by Crippen LogP contribution is 2.23. The van der Waals surface area contributed by atoms with E-state index in [0.29, 0.717) is 32.6 Å². The van der Waals surface area contributed by atoms with Crippen LogP contribution < -0.4 is 10.9 Å². The van der Waals surface area contributed by atoms with Crippen LogP contribution in [-0.4, -0.2) is 21.2 Å². The highest BCUT2D eigenvalue weighted by atomic mass is 35.5. The first-order valence-electron chi connectivity index (χ1n) is 7.77. The number of halogens is 1. The first-order chi connectivity index (χ1) is 12.5. The van der Waals surface area contributed by atoms with E-state index in [0.717, 1.165) is 5.56 Å². The molecule has 0 unspecified atom stereocenters. The number of anilines is 1. The van der Waals surface area contributed by atoms with E-state index < -0.39 is 0 Å². The molecule has 0 saturated carbocycles. The van der Waals surface area contributed by atoms with Crippen LogP contribution in [0.25, 0.3) is 10.2 Å². The highest BCUT2D eigenvalue weighted by Gasteiger charge is 2.13. The predicted molar refractivity (Wildman–Crippen MR) is 110 cm³/mol. The van der Waals surface area contributed by atoms with Gasteiger partial charge in [0.25, 0.3) is 5.56 Å². The largest absolute Gasteiger partial charge is 0.325 e. The Kier molecular flexibility index (Phi) is 5.80. The number of rotatable bonds is 6. The van der Waals surface area contributed by atoms with Gasteiger partial charge in [-0.15, -0.1) is 17.9 Å². The fraction of sp³-hybridized carbons (Fsp3) is 0.167. The van der Waals surface area contributed by atoms with Crippen molar-refractivity contribution >= 4 is 56.5 Å². The van der Waals surface area contributed by atoms with Gasteiger partial charge in [-0.1, -0.05) is 35.5 Å². The smallest absolute Gasteiger partial charge is 0.263 e. The molecule has 0 spiro atoms. The van der Waals surface area contributed by atoms with Crippen molar-refractivity contribution in [3.05, 3.63) is 63.2 Å². The Hall–Kier alpha value is -2.09. The molecule has 26 heavy (non-hydrogen) atoms. The first-order valence-corrected chi connectivity index (χ1v) is 10.0. The van der Waals surface area contributed by atoms with E-state index >= 15 is 0 Å². The Labute approximate surface area is 163 Å². The van der Waals surface area contributed by atoms with E-state index in [2.05, 4.69) is 16.9 Å². The van der Waals surface area contributed by atoms with Crippen LogP contribution >= 0.6 is 34.7 Å². The average molecular weight is 406 g/mol. The topological polar surface area (TPSA) is 64.0 Å². The van der Waals surface area contributed by atoms with E-state index in [4.69, 9.17) is 11.6 Å². The zero-order valence-electron chi connectivity index (χ0n) is 14.0. The number of aryl methyl sites for hydroxylation is 1. The number of carbonyl (C=O) groups is 1. The number of hydrogen-bond acceptors (Lipinski definition) is 5. The summed E-state index contributed by atoms with van der Waals surface area (Å²) in [7, 11) is 0. The van der Waals surface area contributed by atoms with Crippen LogP contribution in [0.3, 0.4) is 0 Å². The summed E-state index contributed by atoms with van der Waals surface area (Å²) in [5.41, 5.74) is 1.46. The van der Waals surface area contributed by atoms with Gasteiger partial charge in [-0.05, 0) is 36.1 Å². The molecule has 0 fully saturated rings. The van der Waals surface area contributed by atoms with Gasteiger partial charge in [0.05, 0.1) is 11.1 Å². The fourth-order valence-electron chi connectivity index (χ4n) is 2.33. The van der Waals surface area contributed by atoms with Gasteiger partial charge in [-0.3, -0.25) is 14.2 Å². The Morgan fingerprint density at radius 2 is 2.27 bits per heavy atom. The number of aromatic nitrogens is 2. The number of benzene rings is 1. The maximum atomic E-state index is 12.6. The molecular weight excluding hydrogens is 390 g/mol. The van der Waals surface area contributed by atoms with Crippen molar-refractivity contribution in [3.8, 4) is 0 Å². The molecule has 3 rings (SSSR count). The summed E-state index contributed by atoms with van der Waals surface area (Å²) >= 11 is 8.70. The van der Waals surface area contributed by atoms with Gasteiger partial charge in [0.1, 0.15) is 4.83 Å². The SMILES string of the molecule is C=CCn1c(SCC(=O)Nc2ccc(C)c(Cl)c2)nc2sccc2c1=O. The molecule has 1 N–H and O–H groups in total.